The van der Waals surface area contributed by atoms with Crippen molar-refractivity contribution < 1.29 is 23.5 Å². The van der Waals surface area contributed by atoms with Crippen molar-refractivity contribution in [2.45, 2.75) is 6.42 Å². The lowest BCUT2D eigenvalue weighted by atomic mass is 10.0. The molecule has 0 saturated carbocycles. The molecule has 0 aliphatic heterocycles. The lowest BCUT2D eigenvalue weighted by Gasteiger charge is -2.09. The molecule has 2 aromatic heterocycles. The zero-order valence-corrected chi connectivity index (χ0v) is 21.0. The molecule has 4 N–H and O–H groups in total. The molecule has 5 rings (SSSR count). The fourth-order valence-corrected chi connectivity index (χ4v) is 4.48. The van der Waals surface area contributed by atoms with Gasteiger partial charge in [0, 0.05) is 57.9 Å². The summed E-state index contributed by atoms with van der Waals surface area (Å²) in [5, 5.41) is 7.12. The predicted octanol–water partition coefficient (Wildman–Crippen LogP) is 4.56. The first-order valence-corrected chi connectivity index (χ1v) is 12.1. The molecule has 194 valence electrons. The maximum Gasteiger partial charge on any atom is 0.251 e. The van der Waals surface area contributed by atoms with Gasteiger partial charge < -0.3 is 30.1 Å². The Hall–Kier alpha value is -4.79. The molecule has 9 heteroatoms. The number of halogens is 1. The van der Waals surface area contributed by atoms with E-state index in [-0.39, 0.29) is 24.2 Å². The molecule has 0 fully saturated rings. The minimum atomic E-state index is -0.357. The van der Waals surface area contributed by atoms with Crippen LogP contribution in [0.5, 0.6) is 11.5 Å². The number of aromatic amines is 2. The van der Waals surface area contributed by atoms with E-state index in [1.807, 2.05) is 30.6 Å². The minimum absolute atomic E-state index is 0.160. The summed E-state index contributed by atoms with van der Waals surface area (Å²) in [6, 6.07) is 15.5. The van der Waals surface area contributed by atoms with Crippen LogP contribution in [0.4, 0.5) is 4.39 Å². The SMILES string of the molecule is COc1cc(OC)cc(-c2c[nH]c3ccc(C(=O)NCC(=O)NCCc4c[nH]c5ccc(F)cc45)cc23)c1. The number of carbonyl (C=O) groups is 2. The molecular weight excluding hydrogens is 487 g/mol. The Morgan fingerprint density at radius 1 is 0.842 bits per heavy atom. The van der Waals surface area contributed by atoms with E-state index in [4.69, 9.17) is 9.47 Å². The highest BCUT2D eigenvalue weighted by Gasteiger charge is 2.14. The van der Waals surface area contributed by atoms with E-state index < -0.39 is 0 Å². The second-order valence-electron chi connectivity index (χ2n) is 8.85. The summed E-state index contributed by atoms with van der Waals surface area (Å²) in [6.07, 6.45) is 4.21. The summed E-state index contributed by atoms with van der Waals surface area (Å²) >= 11 is 0. The van der Waals surface area contributed by atoms with Crippen LogP contribution in [0.15, 0.2) is 67.0 Å². The average Bonchev–Trinajstić information content (AvgIpc) is 3.54. The first-order chi connectivity index (χ1) is 18.4. The van der Waals surface area contributed by atoms with Crippen LogP contribution in [0.3, 0.4) is 0 Å². The number of benzene rings is 3. The second-order valence-corrected chi connectivity index (χ2v) is 8.85. The van der Waals surface area contributed by atoms with Crippen LogP contribution in [-0.2, 0) is 11.2 Å². The third kappa shape index (κ3) is 5.17. The van der Waals surface area contributed by atoms with Crippen molar-refractivity contribution in [3.8, 4) is 22.6 Å². The summed E-state index contributed by atoms with van der Waals surface area (Å²) in [4.78, 5) is 31.5. The van der Waals surface area contributed by atoms with Gasteiger partial charge in [-0.05, 0) is 66.1 Å². The molecule has 0 spiro atoms. The molecule has 8 nitrogen and oxygen atoms in total. The number of hydrogen-bond donors (Lipinski definition) is 4. The number of methoxy groups -OCH3 is 2. The quantitative estimate of drug-likeness (QED) is 0.231. The van der Waals surface area contributed by atoms with Crippen LogP contribution in [0.25, 0.3) is 32.9 Å². The molecule has 0 bridgehead atoms. The van der Waals surface area contributed by atoms with Crippen molar-refractivity contribution in [1.29, 1.82) is 0 Å². The predicted molar refractivity (Wildman–Crippen MR) is 144 cm³/mol. The maximum atomic E-state index is 13.6. The topological polar surface area (TPSA) is 108 Å². The Morgan fingerprint density at radius 2 is 1.55 bits per heavy atom. The fraction of sp³-hybridized carbons (Fsp3) is 0.172. The van der Waals surface area contributed by atoms with E-state index in [2.05, 4.69) is 20.6 Å². The molecule has 5 aromatic rings. The smallest absolute Gasteiger partial charge is 0.251 e. The van der Waals surface area contributed by atoms with Gasteiger partial charge in [-0.2, -0.15) is 0 Å². The number of carbonyl (C=O) groups excluding carboxylic acids is 2. The van der Waals surface area contributed by atoms with Crippen LogP contribution in [0, 0.1) is 5.82 Å². The van der Waals surface area contributed by atoms with Crippen LogP contribution in [0.1, 0.15) is 15.9 Å². The number of amides is 2. The van der Waals surface area contributed by atoms with Gasteiger partial charge in [0.15, 0.2) is 0 Å². The van der Waals surface area contributed by atoms with Gasteiger partial charge in [0.05, 0.1) is 20.8 Å². The first-order valence-electron chi connectivity index (χ1n) is 12.1. The van der Waals surface area contributed by atoms with Crippen molar-refractivity contribution in [2.24, 2.45) is 0 Å². The van der Waals surface area contributed by atoms with Gasteiger partial charge in [-0.25, -0.2) is 4.39 Å². The number of H-pyrrole nitrogens is 2. The largest absolute Gasteiger partial charge is 0.497 e. The Kier molecular flexibility index (Phi) is 6.99. The van der Waals surface area contributed by atoms with E-state index in [1.54, 1.807) is 38.5 Å². The monoisotopic (exact) mass is 514 g/mol. The number of ether oxygens (including phenoxy) is 2. The van der Waals surface area contributed by atoms with Gasteiger partial charge >= 0.3 is 0 Å². The number of rotatable bonds is 9. The Morgan fingerprint density at radius 3 is 2.32 bits per heavy atom. The highest BCUT2D eigenvalue weighted by molar-refractivity contribution is 6.03. The lowest BCUT2D eigenvalue weighted by Crippen LogP contribution is -2.37. The Bertz CT molecular complexity index is 1620. The molecule has 38 heavy (non-hydrogen) atoms. The molecule has 2 heterocycles. The van der Waals surface area contributed by atoms with Crippen LogP contribution >= 0.6 is 0 Å². The highest BCUT2D eigenvalue weighted by atomic mass is 19.1. The number of nitrogens with one attached hydrogen (secondary N) is 4. The number of fused-ring (bicyclic) bond motifs is 2. The third-order valence-corrected chi connectivity index (χ3v) is 6.46. The molecule has 0 unspecified atom stereocenters. The molecule has 0 saturated heterocycles. The van der Waals surface area contributed by atoms with Gasteiger partial charge in [-0.3, -0.25) is 9.59 Å². The Labute approximate surface area is 218 Å². The standard InChI is InChI=1S/C29H27FN4O4/c1-37-21-9-19(10-22(13-21)38-2)25-15-33-27-5-3-17(11-24(25)27)29(36)34-16-28(35)31-8-7-18-14-32-26-6-4-20(30)12-23(18)26/h3-6,9-15,32-33H,7-8,16H2,1-2H3,(H,31,35)(H,34,36). The van der Waals surface area contributed by atoms with E-state index in [0.717, 1.165) is 38.5 Å². The fourth-order valence-electron chi connectivity index (χ4n) is 4.48. The van der Waals surface area contributed by atoms with Crippen molar-refractivity contribution in [1.82, 2.24) is 20.6 Å². The van der Waals surface area contributed by atoms with E-state index in [0.29, 0.717) is 30.0 Å². The molecular formula is C29H27FN4O4. The van der Waals surface area contributed by atoms with Gasteiger partial charge in [-0.1, -0.05) is 0 Å². The Balaban J connectivity index is 1.22. The zero-order valence-electron chi connectivity index (χ0n) is 21.0. The van der Waals surface area contributed by atoms with E-state index in [1.165, 1.54) is 12.1 Å². The molecule has 2 amide bonds. The molecule has 0 aliphatic rings. The highest BCUT2D eigenvalue weighted by Crippen LogP contribution is 2.34. The number of aromatic nitrogens is 2. The number of hydrogen-bond acceptors (Lipinski definition) is 4. The third-order valence-electron chi connectivity index (χ3n) is 6.46. The van der Waals surface area contributed by atoms with E-state index >= 15 is 0 Å². The first kappa shape index (κ1) is 24.9. The average molecular weight is 515 g/mol. The van der Waals surface area contributed by atoms with Crippen LogP contribution < -0.4 is 20.1 Å². The van der Waals surface area contributed by atoms with Gasteiger partial charge in [-0.15, -0.1) is 0 Å². The summed E-state index contributed by atoms with van der Waals surface area (Å²) in [5.74, 6) is 0.343. The summed E-state index contributed by atoms with van der Waals surface area (Å²) in [5.41, 5.74) is 4.82. The van der Waals surface area contributed by atoms with Crippen LogP contribution in [-0.4, -0.2) is 49.1 Å². The molecule has 0 radical (unpaired) electrons. The zero-order chi connectivity index (χ0) is 26.6. The molecule has 0 atom stereocenters. The molecule has 0 aliphatic carbocycles. The summed E-state index contributed by atoms with van der Waals surface area (Å²) < 4.78 is 24.3. The van der Waals surface area contributed by atoms with Gasteiger partial charge in [0.2, 0.25) is 5.91 Å². The van der Waals surface area contributed by atoms with Crippen molar-refractivity contribution in [2.75, 3.05) is 27.3 Å². The molecule has 3 aromatic carbocycles. The lowest BCUT2D eigenvalue weighted by molar-refractivity contribution is -0.120. The van der Waals surface area contributed by atoms with Crippen LogP contribution in [0.2, 0.25) is 0 Å². The minimum Gasteiger partial charge on any atom is -0.497 e. The van der Waals surface area contributed by atoms with Gasteiger partial charge in [0.1, 0.15) is 17.3 Å². The van der Waals surface area contributed by atoms with Crippen molar-refractivity contribution >= 4 is 33.6 Å². The summed E-state index contributed by atoms with van der Waals surface area (Å²) in [6.45, 7) is 0.202. The maximum absolute atomic E-state index is 13.6. The second kappa shape index (κ2) is 10.7. The normalized spacial score (nSPS) is 11.0. The van der Waals surface area contributed by atoms with Crippen molar-refractivity contribution in [3.05, 3.63) is 83.9 Å². The van der Waals surface area contributed by atoms with E-state index in [9.17, 15) is 14.0 Å². The summed E-state index contributed by atoms with van der Waals surface area (Å²) in [7, 11) is 3.19. The van der Waals surface area contributed by atoms with Gasteiger partial charge in [0.25, 0.3) is 5.91 Å². The van der Waals surface area contributed by atoms with Crippen molar-refractivity contribution in [3.63, 3.8) is 0 Å².